The number of ether oxygens (including phenoxy) is 1. The van der Waals surface area contributed by atoms with E-state index >= 15 is 0 Å². The molecule has 1 saturated heterocycles. The number of benzene rings is 1. The first kappa shape index (κ1) is 21.1. The predicted molar refractivity (Wildman–Crippen MR) is 107 cm³/mol. The highest BCUT2D eigenvalue weighted by molar-refractivity contribution is 5.79. The topological polar surface area (TPSA) is 92.0 Å². The molecule has 150 valence electrons. The molecule has 1 heterocycles. The van der Waals surface area contributed by atoms with Crippen LogP contribution in [0.4, 0.5) is 5.69 Å². The zero-order chi connectivity index (χ0) is 19.6. The highest BCUT2D eigenvalue weighted by atomic mass is 16.6. The number of rotatable bonds is 8. The largest absolute Gasteiger partial charge is 0.374 e. The Morgan fingerprint density at radius 2 is 2.26 bits per heavy atom. The molecule has 1 aromatic carbocycles. The number of nitro groups is 1. The smallest absolute Gasteiger partial charge is 0.269 e. The van der Waals surface area contributed by atoms with Crippen molar-refractivity contribution in [2.45, 2.75) is 33.4 Å². The first-order valence-corrected chi connectivity index (χ1v) is 9.57. The molecule has 1 unspecified atom stereocenters. The van der Waals surface area contributed by atoms with Crippen molar-refractivity contribution >= 4 is 11.6 Å². The van der Waals surface area contributed by atoms with Crippen LogP contribution in [0.5, 0.6) is 0 Å². The van der Waals surface area contributed by atoms with E-state index in [4.69, 9.17) is 4.74 Å². The van der Waals surface area contributed by atoms with Gasteiger partial charge in [-0.3, -0.25) is 15.0 Å². The van der Waals surface area contributed by atoms with Gasteiger partial charge in [0.15, 0.2) is 5.96 Å². The van der Waals surface area contributed by atoms with Crippen molar-refractivity contribution in [2.24, 2.45) is 10.9 Å². The predicted octanol–water partition coefficient (Wildman–Crippen LogP) is 2.01. The maximum Gasteiger partial charge on any atom is 0.269 e. The van der Waals surface area contributed by atoms with E-state index in [2.05, 4.69) is 34.4 Å². The molecule has 2 N–H and O–H groups in total. The lowest BCUT2D eigenvalue weighted by atomic mass is 10.2. The Balaban J connectivity index is 1.89. The lowest BCUT2D eigenvalue weighted by Gasteiger charge is -2.34. The average molecular weight is 377 g/mol. The van der Waals surface area contributed by atoms with Crippen molar-refractivity contribution in [2.75, 3.05) is 39.3 Å². The third-order valence-electron chi connectivity index (χ3n) is 4.23. The minimum absolute atomic E-state index is 0.0847. The molecule has 1 atom stereocenters. The Morgan fingerprint density at radius 1 is 1.44 bits per heavy atom. The van der Waals surface area contributed by atoms with Crippen LogP contribution in [0.1, 0.15) is 26.3 Å². The molecule has 1 aliphatic rings. The second-order valence-electron chi connectivity index (χ2n) is 7.15. The summed E-state index contributed by atoms with van der Waals surface area (Å²) in [5.41, 5.74) is 0.889. The highest BCUT2D eigenvalue weighted by Crippen LogP contribution is 2.13. The van der Waals surface area contributed by atoms with E-state index in [0.29, 0.717) is 25.0 Å². The number of nitrogens with zero attached hydrogens (tertiary/aromatic N) is 3. The fourth-order valence-electron chi connectivity index (χ4n) is 3.08. The van der Waals surface area contributed by atoms with Gasteiger partial charge in [-0.1, -0.05) is 26.0 Å². The van der Waals surface area contributed by atoms with Gasteiger partial charge in [-0.2, -0.15) is 0 Å². The summed E-state index contributed by atoms with van der Waals surface area (Å²) in [7, 11) is 0. The summed E-state index contributed by atoms with van der Waals surface area (Å²) in [6.45, 7) is 12.0. The fraction of sp³-hybridized carbons (Fsp3) is 0.632. The van der Waals surface area contributed by atoms with E-state index < -0.39 is 0 Å². The van der Waals surface area contributed by atoms with Crippen LogP contribution in [0.3, 0.4) is 0 Å². The Bertz CT molecular complexity index is 636. The highest BCUT2D eigenvalue weighted by Gasteiger charge is 2.21. The maximum absolute atomic E-state index is 10.9. The third kappa shape index (κ3) is 7.52. The maximum atomic E-state index is 10.9. The molecule has 0 aliphatic carbocycles. The molecule has 0 amide bonds. The van der Waals surface area contributed by atoms with Gasteiger partial charge in [-0.15, -0.1) is 0 Å². The summed E-state index contributed by atoms with van der Waals surface area (Å²) in [6.07, 6.45) is 0.124. The zero-order valence-corrected chi connectivity index (χ0v) is 16.5. The Hall–Kier alpha value is -2.19. The van der Waals surface area contributed by atoms with Crippen LogP contribution in [0, 0.1) is 16.0 Å². The van der Waals surface area contributed by atoms with Crippen molar-refractivity contribution < 1.29 is 9.66 Å². The first-order valence-electron chi connectivity index (χ1n) is 9.57. The first-order chi connectivity index (χ1) is 13.0. The molecule has 8 nitrogen and oxygen atoms in total. The number of nitro benzene ring substituents is 1. The number of nitrogens with one attached hydrogen (secondary N) is 2. The van der Waals surface area contributed by atoms with Gasteiger partial charge >= 0.3 is 0 Å². The van der Waals surface area contributed by atoms with Gasteiger partial charge in [0.25, 0.3) is 5.69 Å². The van der Waals surface area contributed by atoms with Gasteiger partial charge in [0.1, 0.15) is 0 Å². The number of non-ortho nitro benzene ring substituents is 1. The Morgan fingerprint density at radius 3 is 2.96 bits per heavy atom. The van der Waals surface area contributed by atoms with Gasteiger partial charge in [0.05, 0.1) is 24.2 Å². The third-order valence-corrected chi connectivity index (χ3v) is 4.23. The number of hydrogen-bond donors (Lipinski definition) is 2. The lowest BCUT2D eigenvalue weighted by Crippen LogP contribution is -2.50. The Labute approximate surface area is 161 Å². The summed E-state index contributed by atoms with van der Waals surface area (Å²) in [6, 6.07) is 6.57. The molecule has 1 aliphatic heterocycles. The molecule has 27 heavy (non-hydrogen) atoms. The van der Waals surface area contributed by atoms with E-state index in [1.165, 1.54) is 6.07 Å². The van der Waals surface area contributed by atoms with Crippen molar-refractivity contribution in [3.63, 3.8) is 0 Å². The van der Waals surface area contributed by atoms with Gasteiger partial charge in [0, 0.05) is 44.9 Å². The molecule has 1 aromatic rings. The summed E-state index contributed by atoms with van der Waals surface area (Å²) < 4.78 is 5.86. The van der Waals surface area contributed by atoms with Crippen molar-refractivity contribution in [3.05, 3.63) is 39.9 Å². The summed E-state index contributed by atoms with van der Waals surface area (Å²) >= 11 is 0. The van der Waals surface area contributed by atoms with Crippen molar-refractivity contribution in [1.29, 1.82) is 0 Å². The summed E-state index contributed by atoms with van der Waals surface area (Å²) in [5, 5.41) is 17.4. The molecule has 2 rings (SSSR count). The molecule has 1 fully saturated rings. The monoisotopic (exact) mass is 377 g/mol. The van der Waals surface area contributed by atoms with E-state index in [0.717, 1.165) is 38.3 Å². The fourth-order valence-corrected chi connectivity index (χ4v) is 3.08. The van der Waals surface area contributed by atoms with E-state index in [-0.39, 0.29) is 16.7 Å². The van der Waals surface area contributed by atoms with Crippen LogP contribution in [-0.4, -0.2) is 61.2 Å². The van der Waals surface area contributed by atoms with Crippen molar-refractivity contribution in [1.82, 2.24) is 15.5 Å². The van der Waals surface area contributed by atoms with Crippen LogP contribution in [0.25, 0.3) is 0 Å². The molecule has 0 spiro atoms. The molecule has 0 aromatic heterocycles. The molecule has 0 bridgehead atoms. The summed E-state index contributed by atoms with van der Waals surface area (Å²) in [5.74, 6) is 1.33. The van der Waals surface area contributed by atoms with E-state index in [1.807, 2.05) is 13.0 Å². The van der Waals surface area contributed by atoms with Gasteiger partial charge in [0.2, 0.25) is 0 Å². The minimum atomic E-state index is -0.389. The minimum Gasteiger partial charge on any atom is -0.374 e. The normalized spacial score (nSPS) is 18.5. The van der Waals surface area contributed by atoms with Crippen LogP contribution in [0.2, 0.25) is 0 Å². The molecule has 0 radical (unpaired) electrons. The van der Waals surface area contributed by atoms with E-state index in [9.17, 15) is 10.1 Å². The van der Waals surface area contributed by atoms with Crippen LogP contribution >= 0.6 is 0 Å². The zero-order valence-electron chi connectivity index (χ0n) is 16.5. The van der Waals surface area contributed by atoms with E-state index in [1.54, 1.807) is 12.1 Å². The quantitative estimate of drug-likeness (QED) is 0.312. The summed E-state index contributed by atoms with van der Waals surface area (Å²) in [4.78, 5) is 17.5. The second-order valence-corrected chi connectivity index (χ2v) is 7.15. The SMILES string of the molecule is CCNC(=NCc1cccc([N+](=O)[O-])c1)NCC1CN(CC(C)C)CCO1. The molecular formula is C19H31N5O3. The number of aliphatic imine (C=N–C) groups is 1. The van der Waals surface area contributed by atoms with Crippen molar-refractivity contribution in [3.8, 4) is 0 Å². The van der Waals surface area contributed by atoms with Crippen LogP contribution < -0.4 is 10.6 Å². The lowest BCUT2D eigenvalue weighted by molar-refractivity contribution is -0.384. The number of guanidine groups is 1. The molecule has 0 saturated carbocycles. The number of hydrogen-bond acceptors (Lipinski definition) is 5. The Kier molecular flexibility index (Phi) is 8.47. The number of morpholine rings is 1. The van der Waals surface area contributed by atoms with Crippen LogP contribution in [-0.2, 0) is 11.3 Å². The average Bonchev–Trinajstić information content (AvgIpc) is 2.64. The van der Waals surface area contributed by atoms with Crippen LogP contribution in [0.15, 0.2) is 29.3 Å². The molecular weight excluding hydrogens is 346 g/mol. The second kappa shape index (κ2) is 10.8. The van der Waals surface area contributed by atoms with Gasteiger partial charge in [-0.05, 0) is 18.4 Å². The molecule has 8 heteroatoms. The van der Waals surface area contributed by atoms with Gasteiger partial charge < -0.3 is 15.4 Å². The van der Waals surface area contributed by atoms with Gasteiger partial charge in [-0.25, -0.2) is 4.99 Å². The standard InChI is InChI=1S/C19H31N5O3/c1-4-20-19(21-11-16-6-5-7-17(10-16)24(25)26)22-12-18-14-23(8-9-27-18)13-15(2)3/h5-7,10,15,18H,4,8-9,11-14H2,1-3H3,(H2,20,21,22).